The Morgan fingerprint density at radius 3 is 2.70 bits per heavy atom. The van der Waals surface area contributed by atoms with Crippen molar-refractivity contribution in [3.8, 4) is 5.75 Å². The van der Waals surface area contributed by atoms with Crippen molar-refractivity contribution in [3.63, 3.8) is 0 Å². The van der Waals surface area contributed by atoms with E-state index in [9.17, 15) is 14.4 Å². The predicted octanol–water partition coefficient (Wildman–Crippen LogP) is 3.64. The van der Waals surface area contributed by atoms with E-state index < -0.39 is 5.91 Å². The molecule has 0 radical (unpaired) electrons. The van der Waals surface area contributed by atoms with Gasteiger partial charge in [0.05, 0.1) is 4.91 Å². The van der Waals surface area contributed by atoms with Gasteiger partial charge in [-0.1, -0.05) is 24.3 Å². The van der Waals surface area contributed by atoms with Gasteiger partial charge < -0.3 is 10.1 Å². The monoisotopic (exact) mass is 382 g/mol. The maximum atomic E-state index is 12.2. The maximum Gasteiger partial charge on any atom is 0.290 e. The molecule has 0 bridgehead atoms. The number of anilines is 1. The van der Waals surface area contributed by atoms with Crippen LogP contribution < -0.4 is 15.4 Å². The molecule has 0 saturated carbocycles. The Morgan fingerprint density at radius 2 is 1.96 bits per heavy atom. The number of amides is 3. The Morgan fingerprint density at radius 1 is 1.19 bits per heavy atom. The molecule has 1 aliphatic heterocycles. The molecule has 2 aromatic carbocycles. The number of hydrogen-bond donors (Lipinski definition) is 2. The third-order valence-electron chi connectivity index (χ3n) is 4.05. The Bertz CT molecular complexity index is 953. The second-order valence-electron chi connectivity index (χ2n) is 6.01. The molecule has 0 aromatic heterocycles. The number of rotatable bonds is 5. The van der Waals surface area contributed by atoms with Crippen molar-refractivity contribution in [2.75, 3.05) is 11.9 Å². The van der Waals surface area contributed by atoms with Crippen LogP contribution in [0, 0.1) is 13.8 Å². The first-order chi connectivity index (χ1) is 12.9. The zero-order valence-corrected chi connectivity index (χ0v) is 15.7. The smallest absolute Gasteiger partial charge is 0.290 e. The number of hydrogen-bond acceptors (Lipinski definition) is 5. The van der Waals surface area contributed by atoms with Crippen LogP contribution in [0.5, 0.6) is 5.75 Å². The summed E-state index contributed by atoms with van der Waals surface area (Å²) in [5, 5.41) is 4.65. The molecule has 1 fully saturated rings. The summed E-state index contributed by atoms with van der Waals surface area (Å²) in [7, 11) is 0. The molecule has 27 heavy (non-hydrogen) atoms. The highest BCUT2D eigenvalue weighted by molar-refractivity contribution is 8.18. The van der Waals surface area contributed by atoms with Crippen molar-refractivity contribution in [2.24, 2.45) is 0 Å². The molecule has 1 heterocycles. The van der Waals surface area contributed by atoms with Gasteiger partial charge in [0.1, 0.15) is 5.75 Å². The number of nitrogens with one attached hydrogen (secondary N) is 2. The number of imide groups is 1. The fourth-order valence-electron chi connectivity index (χ4n) is 2.49. The quantitative estimate of drug-likeness (QED) is 0.771. The van der Waals surface area contributed by atoms with Crippen molar-refractivity contribution in [2.45, 2.75) is 13.8 Å². The average molecular weight is 382 g/mol. The van der Waals surface area contributed by atoms with Crippen molar-refractivity contribution in [1.82, 2.24) is 5.32 Å². The van der Waals surface area contributed by atoms with Gasteiger partial charge in [0.2, 0.25) is 0 Å². The number of aryl methyl sites for hydroxylation is 1. The second kappa shape index (κ2) is 8.09. The van der Waals surface area contributed by atoms with E-state index in [0.29, 0.717) is 16.2 Å². The summed E-state index contributed by atoms with van der Waals surface area (Å²) in [6.45, 7) is 3.80. The Labute approximate surface area is 161 Å². The summed E-state index contributed by atoms with van der Waals surface area (Å²) in [6.07, 6.45) is 1.61. The minimum Gasteiger partial charge on any atom is -0.484 e. The van der Waals surface area contributed by atoms with Crippen LogP contribution in [0.1, 0.15) is 16.7 Å². The molecule has 6 nitrogen and oxygen atoms in total. The van der Waals surface area contributed by atoms with E-state index in [4.69, 9.17) is 4.74 Å². The molecule has 7 heteroatoms. The molecular formula is C20H18N2O4S. The van der Waals surface area contributed by atoms with Crippen molar-refractivity contribution < 1.29 is 19.1 Å². The Hall–Kier alpha value is -3.06. The van der Waals surface area contributed by atoms with Crippen LogP contribution in [0.25, 0.3) is 6.08 Å². The highest BCUT2D eigenvalue weighted by atomic mass is 32.2. The molecule has 2 N–H and O–H groups in total. The summed E-state index contributed by atoms with van der Waals surface area (Å²) in [4.78, 5) is 35.3. The van der Waals surface area contributed by atoms with Gasteiger partial charge in [-0.25, -0.2) is 0 Å². The SMILES string of the molecule is Cc1cccc(NC(=O)COc2cccc(/C=C3\SC(=O)NC3=O)c2)c1C. The predicted molar refractivity (Wildman–Crippen MR) is 106 cm³/mol. The Balaban J connectivity index is 1.62. The largest absolute Gasteiger partial charge is 0.484 e. The third-order valence-corrected chi connectivity index (χ3v) is 4.86. The Kier molecular flexibility index (Phi) is 5.61. The van der Waals surface area contributed by atoms with E-state index >= 15 is 0 Å². The normalized spacial score (nSPS) is 15.0. The molecule has 0 spiro atoms. The molecule has 1 saturated heterocycles. The lowest BCUT2D eigenvalue weighted by atomic mass is 10.1. The number of carbonyl (C=O) groups excluding carboxylic acids is 3. The first kappa shape index (κ1) is 18.7. The van der Waals surface area contributed by atoms with Crippen LogP contribution in [0.15, 0.2) is 47.4 Å². The molecular weight excluding hydrogens is 364 g/mol. The van der Waals surface area contributed by atoms with E-state index in [-0.39, 0.29) is 17.8 Å². The number of benzene rings is 2. The standard InChI is InChI=1S/C20H18N2O4S/c1-12-5-3-8-16(13(12)2)21-18(23)11-26-15-7-4-6-14(9-15)10-17-19(24)22-20(25)27-17/h3-10H,11H2,1-2H3,(H,21,23)(H,22,24,25)/b17-10-. The maximum absolute atomic E-state index is 12.2. The molecule has 3 rings (SSSR count). The van der Waals surface area contributed by atoms with Gasteiger partial charge in [-0.05, 0) is 66.6 Å². The first-order valence-corrected chi connectivity index (χ1v) is 9.08. The van der Waals surface area contributed by atoms with E-state index in [1.807, 2.05) is 32.0 Å². The minimum atomic E-state index is -0.413. The van der Waals surface area contributed by atoms with E-state index in [1.165, 1.54) is 0 Å². The van der Waals surface area contributed by atoms with E-state index in [0.717, 1.165) is 28.6 Å². The van der Waals surface area contributed by atoms with Gasteiger partial charge in [-0.15, -0.1) is 0 Å². The lowest BCUT2D eigenvalue weighted by molar-refractivity contribution is -0.118. The van der Waals surface area contributed by atoms with E-state index in [2.05, 4.69) is 10.6 Å². The molecule has 138 valence electrons. The van der Waals surface area contributed by atoms with Crippen molar-refractivity contribution in [3.05, 3.63) is 64.1 Å². The topological polar surface area (TPSA) is 84.5 Å². The lowest BCUT2D eigenvalue weighted by Crippen LogP contribution is -2.20. The third kappa shape index (κ3) is 4.77. The van der Waals surface area contributed by atoms with Gasteiger partial charge in [0, 0.05) is 5.69 Å². The highest BCUT2D eigenvalue weighted by Gasteiger charge is 2.24. The first-order valence-electron chi connectivity index (χ1n) is 8.26. The van der Waals surface area contributed by atoms with Gasteiger partial charge in [0.15, 0.2) is 6.61 Å². The van der Waals surface area contributed by atoms with Crippen molar-refractivity contribution in [1.29, 1.82) is 0 Å². The van der Waals surface area contributed by atoms with Crippen LogP contribution >= 0.6 is 11.8 Å². The summed E-state index contributed by atoms with van der Waals surface area (Å²) in [6, 6.07) is 12.7. The van der Waals surface area contributed by atoms with Gasteiger partial charge >= 0.3 is 0 Å². The number of carbonyl (C=O) groups is 3. The van der Waals surface area contributed by atoms with Crippen molar-refractivity contribution >= 4 is 40.6 Å². The summed E-state index contributed by atoms with van der Waals surface area (Å²) in [5.74, 6) is -0.178. The number of thioether (sulfide) groups is 1. The zero-order chi connectivity index (χ0) is 19.4. The molecule has 0 unspecified atom stereocenters. The van der Waals surface area contributed by atoms with Crippen LogP contribution in [0.4, 0.5) is 10.5 Å². The van der Waals surface area contributed by atoms with Gasteiger partial charge in [0.25, 0.3) is 17.1 Å². The summed E-state index contributed by atoms with van der Waals surface area (Å²) in [5.41, 5.74) is 3.58. The summed E-state index contributed by atoms with van der Waals surface area (Å²) < 4.78 is 5.55. The molecule has 3 amide bonds. The molecule has 2 aromatic rings. The van der Waals surface area contributed by atoms with Crippen LogP contribution in [-0.4, -0.2) is 23.7 Å². The lowest BCUT2D eigenvalue weighted by Gasteiger charge is -2.11. The zero-order valence-electron chi connectivity index (χ0n) is 14.9. The van der Waals surface area contributed by atoms with E-state index in [1.54, 1.807) is 30.3 Å². The fraction of sp³-hybridized carbons (Fsp3) is 0.150. The van der Waals surface area contributed by atoms with Gasteiger partial charge in [-0.2, -0.15) is 0 Å². The fourth-order valence-corrected chi connectivity index (χ4v) is 3.17. The molecule has 0 atom stereocenters. The molecule has 1 aliphatic rings. The van der Waals surface area contributed by atoms with Crippen LogP contribution in [0.3, 0.4) is 0 Å². The van der Waals surface area contributed by atoms with Crippen LogP contribution in [-0.2, 0) is 9.59 Å². The summed E-state index contributed by atoms with van der Waals surface area (Å²) >= 11 is 0.853. The second-order valence-corrected chi connectivity index (χ2v) is 7.02. The highest BCUT2D eigenvalue weighted by Crippen LogP contribution is 2.26. The minimum absolute atomic E-state index is 0.138. The average Bonchev–Trinajstić information content (AvgIpc) is 2.94. The van der Waals surface area contributed by atoms with Gasteiger partial charge in [-0.3, -0.25) is 19.7 Å². The van der Waals surface area contributed by atoms with Crippen LogP contribution in [0.2, 0.25) is 0 Å². The number of ether oxygens (including phenoxy) is 1. The molecule has 0 aliphatic carbocycles.